The highest BCUT2D eigenvalue weighted by Gasteiger charge is 2.11. The van der Waals surface area contributed by atoms with Gasteiger partial charge in [0.25, 0.3) is 0 Å². The molecule has 2 aromatic heterocycles. The zero-order chi connectivity index (χ0) is 15.7. The van der Waals surface area contributed by atoms with Crippen LogP contribution in [0.4, 0.5) is 10.2 Å². The van der Waals surface area contributed by atoms with Gasteiger partial charge in [0.1, 0.15) is 11.6 Å². The lowest BCUT2D eigenvalue weighted by atomic mass is 10.1. The molecule has 0 atom stereocenters. The smallest absolute Gasteiger partial charge is 0.230 e. The summed E-state index contributed by atoms with van der Waals surface area (Å²) >= 11 is 3.36. The number of nitrogens with zero attached hydrogens (tertiary/aromatic N) is 1. The lowest BCUT2D eigenvalue weighted by Crippen LogP contribution is -2.15. The molecule has 0 unspecified atom stereocenters. The van der Waals surface area contributed by atoms with E-state index < -0.39 is 0 Å². The molecule has 1 amide bonds. The first-order chi connectivity index (χ1) is 10.5. The number of halogens is 2. The predicted molar refractivity (Wildman–Crippen MR) is 87.3 cm³/mol. The zero-order valence-corrected chi connectivity index (χ0v) is 13.4. The molecule has 2 N–H and O–H groups in total. The van der Waals surface area contributed by atoms with Crippen molar-refractivity contribution < 1.29 is 9.18 Å². The van der Waals surface area contributed by atoms with E-state index in [0.29, 0.717) is 5.82 Å². The Kier molecular flexibility index (Phi) is 3.94. The third-order valence-corrected chi connectivity index (χ3v) is 4.21. The Balaban J connectivity index is 1.78. The average Bonchev–Trinajstić information content (AvgIpc) is 2.85. The first-order valence-corrected chi connectivity index (χ1v) is 7.51. The zero-order valence-electron chi connectivity index (χ0n) is 11.8. The maximum Gasteiger partial charge on any atom is 0.230 e. The summed E-state index contributed by atoms with van der Waals surface area (Å²) in [6, 6.07) is 8.03. The fourth-order valence-electron chi connectivity index (χ4n) is 2.27. The summed E-state index contributed by atoms with van der Waals surface area (Å²) in [5.74, 6) is -0.0185. The van der Waals surface area contributed by atoms with Gasteiger partial charge in [-0.25, -0.2) is 9.37 Å². The number of fused-ring (bicyclic) bond motifs is 1. The summed E-state index contributed by atoms with van der Waals surface area (Å²) in [5, 5.41) is 3.47. The standard InChI is InChI=1S/C16H13BrFN3O/c1-9-13(17)3-5-15(20-9)21-16(22)6-10-8-19-14-4-2-11(18)7-12(10)14/h2-5,7-8,19H,6H2,1H3,(H,20,21,22). The fraction of sp³-hybridized carbons (Fsp3) is 0.125. The van der Waals surface area contributed by atoms with Crippen LogP contribution >= 0.6 is 15.9 Å². The maximum atomic E-state index is 13.3. The second-order valence-electron chi connectivity index (χ2n) is 4.99. The number of pyridine rings is 1. The number of benzene rings is 1. The molecular weight excluding hydrogens is 349 g/mol. The van der Waals surface area contributed by atoms with Gasteiger partial charge in [0.15, 0.2) is 0 Å². The van der Waals surface area contributed by atoms with Gasteiger partial charge in [-0.15, -0.1) is 0 Å². The molecule has 0 bridgehead atoms. The van der Waals surface area contributed by atoms with Crippen molar-refractivity contribution in [3.8, 4) is 0 Å². The minimum Gasteiger partial charge on any atom is -0.361 e. The summed E-state index contributed by atoms with van der Waals surface area (Å²) in [4.78, 5) is 19.4. The molecule has 0 spiro atoms. The van der Waals surface area contributed by atoms with Gasteiger partial charge in [-0.1, -0.05) is 0 Å². The minimum atomic E-state index is -0.320. The second kappa shape index (κ2) is 5.88. The van der Waals surface area contributed by atoms with Crippen LogP contribution in [0.5, 0.6) is 0 Å². The van der Waals surface area contributed by atoms with Crippen LogP contribution < -0.4 is 5.32 Å². The monoisotopic (exact) mass is 361 g/mol. The first-order valence-electron chi connectivity index (χ1n) is 6.71. The van der Waals surface area contributed by atoms with Gasteiger partial charge >= 0.3 is 0 Å². The number of aromatic nitrogens is 2. The number of amides is 1. The Labute approximate surface area is 134 Å². The number of anilines is 1. The molecule has 0 saturated carbocycles. The summed E-state index contributed by atoms with van der Waals surface area (Å²) < 4.78 is 14.2. The molecule has 2 heterocycles. The highest BCUT2D eigenvalue weighted by Crippen LogP contribution is 2.21. The fourth-order valence-corrected chi connectivity index (χ4v) is 2.49. The molecular formula is C16H13BrFN3O. The molecule has 6 heteroatoms. The normalized spacial score (nSPS) is 10.9. The van der Waals surface area contributed by atoms with E-state index in [-0.39, 0.29) is 18.1 Å². The number of rotatable bonds is 3. The van der Waals surface area contributed by atoms with Crippen LogP contribution in [0.15, 0.2) is 41.0 Å². The van der Waals surface area contributed by atoms with Crippen molar-refractivity contribution in [3.05, 3.63) is 58.1 Å². The van der Waals surface area contributed by atoms with Crippen molar-refractivity contribution in [1.29, 1.82) is 0 Å². The van der Waals surface area contributed by atoms with Gasteiger partial charge in [-0.05, 0) is 58.7 Å². The van der Waals surface area contributed by atoms with E-state index in [1.165, 1.54) is 12.1 Å². The molecule has 0 aliphatic carbocycles. The molecule has 0 aliphatic rings. The number of aryl methyl sites for hydroxylation is 1. The van der Waals surface area contributed by atoms with E-state index in [2.05, 4.69) is 31.2 Å². The molecule has 4 nitrogen and oxygen atoms in total. The number of carbonyl (C=O) groups excluding carboxylic acids is 1. The molecule has 0 fully saturated rings. The lowest BCUT2D eigenvalue weighted by molar-refractivity contribution is -0.115. The van der Waals surface area contributed by atoms with E-state index in [1.54, 1.807) is 18.3 Å². The Bertz CT molecular complexity index is 860. The van der Waals surface area contributed by atoms with E-state index in [1.807, 2.05) is 13.0 Å². The van der Waals surface area contributed by atoms with Crippen LogP contribution in [0.1, 0.15) is 11.3 Å². The third kappa shape index (κ3) is 3.01. The lowest BCUT2D eigenvalue weighted by Gasteiger charge is -2.06. The van der Waals surface area contributed by atoms with Crippen molar-refractivity contribution in [2.75, 3.05) is 5.32 Å². The second-order valence-corrected chi connectivity index (χ2v) is 5.85. The van der Waals surface area contributed by atoms with Crippen LogP contribution in [0, 0.1) is 12.7 Å². The number of H-pyrrole nitrogens is 1. The molecule has 22 heavy (non-hydrogen) atoms. The van der Waals surface area contributed by atoms with Crippen LogP contribution in [-0.4, -0.2) is 15.9 Å². The number of carbonyl (C=O) groups is 1. The van der Waals surface area contributed by atoms with Crippen molar-refractivity contribution in [3.63, 3.8) is 0 Å². The average molecular weight is 362 g/mol. The number of nitrogens with one attached hydrogen (secondary N) is 2. The largest absolute Gasteiger partial charge is 0.361 e. The topological polar surface area (TPSA) is 57.8 Å². The van der Waals surface area contributed by atoms with Crippen molar-refractivity contribution in [1.82, 2.24) is 9.97 Å². The Morgan fingerprint density at radius 3 is 2.95 bits per heavy atom. The van der Waals surface area contributed by atoms with Gasteiger partial charge in [-0.2, -0.15) is 0 Å². The third-order valence-electron chi connectivity index (χ3n) is 3.37. The molecule has 0 saturated heterocycles. The van der Waals surface area contributed by atoms with Gasteiger partial charge in [-0.3, -0.25) is 4.79 Å². The summed E-state index contributed by atoms with van der Waals surface area (Å²) in [5.41, 5.74) is 2.36. The first kappa shape index (κ1) is 14.7. The Morgan fingerprint density at radius 1 is 1.36 bits per heavy atom. The van der Waals surface area contributed by atoms with Crippen molar-refractivity contribution in [2.24, 2.45) is 0 Å². The van der Waals surface area contributed by atoms with Gasteiger partial charge in [0.05, 0.1) is 12.1 Å². The van der Waals surface area contributed by atoms with Gasteiger partial charge < -0.3 is 10.3 Å². The SMILES string of the molecule is Cc1nc(NC(=O)Cc2c[nH]c3ccc(F)cc23)ccc1Br. The highest BCUT2D eigenvalue weighted by molar-refractivity contribution is 9.10. The minimum absolute atomic E-state index is 0.153. The molecule has 0 radical (unpaired) electrons. The molecule has 0 aliphatic heterocycles. The number of aromatic amines is 1. The van der Waals surface area contributed by atoms with E-state index in [9.17, 15) is 9.18 Å². The summed E-state index contributed by atoms with van der Waals surface area (Å²) in [6.45, 7) is 1.85. The summed E-state index contributed by atoms with van der Waals surface area (Å²) in [7, 11) is 0. The van der Waals surface area contributed by atoms with Crippen LogP contribution in [0.3, 0.4) is 0 Å². The Hall–Kier alpha value is -2.21. The van der Waals surface area contributed by atoms with Gasteiger partial charge in [0, 0.05) is 21.6 Å². The number of hydrogen-bond acceptors (Lipinski definition) is 2. The summed E-state index contributed by atoms with van der Waals surface area (Å²) in [6.07, 6.45) is 1.88. The van der Waals surface area contributed by atoms with E-state index in [4.69, 9.17) is 0 Å². The van der Waals surface area contributed by atoms with Gasteiger partial charge in [0.2, 0.25) is 5.91 Å². The predicted octanol–water partition coefficient (Wildman–Crippen LogP) is 3.95. The maximum absolute atomic E-state index is 13.3. The quantitative estimate of drug-likeness (QED) is 0.741. The van der Waals surface area contributed by atoms with E-state index >= 15 is 0 Å². The van der Waals surface area contributed by atoms with Crippen molar-refractivity contribution in [2.45, 2.75) is 13.3 Å². The molecule has 3 aromatic rings. The number of hydrogen-bond donors (Lipinski definition) is 2. The molecule has 112 valence electrons. The van der Waals surface area contributed by atoms with E-state index in [0.717, 1.165) is 26.6 Å². The highest BCUT2D eigenvalue weighted by atomic mass is 79.9. The van der Waals surface area contributed by atoms with Crippen LogP contribution in [0.2, 0.25) is 0 Å². The van der Waals surface area contributed by atoms with Crippen molar-refractivity contribution >= 4 is 38.6 Å². The molecule has 3 rings (SSSR count). The molecule has 1 aromatic carbocycles. The van der Waals surface area contributed by atoms with Crippen LogP contribution in [0.25, 0.3) is 10.9 Å². The van der Waals surface area contributed by atoms with Crippen LogP contribution in [-0.2, 0) is 11.2 Å². The Morgan fingerprint density at radius 2 is 2.18 bits per heavy atom.